The van der Waals surface area contributed by atoms with E-state index in [1.54, 1.807) is 14.1 Å². The lowest BCUT2D eigenvalue weighted by Gasteiger charge is -2.37. The Balaban J connectivity index is 1.49. The largest absolute Gasteiger partial charge is 0.435 e. The predicted molar refractivity (Wildman–Crippen MR) is 149 cm³/mol. The van der Waals surface area contributed by atoms with Gasteiger partial charge >= 0.3 is 6.09 Å². The molecule has 2 aliphatic rings. The van der Waals surface area contributed by atoms with Crippen molar-refractivity contribution in [3.63, 3.8) is 0 Å². The molecular weight excluding hydrogens is 532 g/mol. The van der Waals surface area contributed by atoms with Crippen molar-refractivity contribution in [3.8, 4) is 11.1 Å². The van der Waals surface area contributed by atoms with E-state index in [1.807, 2.05) is 54.7 Å². The summed E-state index contributed by atoms with van der Waals surface area (Å²) in [6, 6.07) is 20.2. The van der Waals surface area contributed by atoms with Gasteiger partial charge in [0.1, 0.15) is 17.3 Å². The Hall–Kier alpha value is -3.98. The molecule has 2 aromatic carbocycles. The van der Waals surface area contributed by atoms with E-state index in [4.69, 9.17) is 9.82 Å². The number of anilines is 2. The van der Waals surface area contributed by atoms with Crippen LogP contribution in [-0.2, 0) is 4.84 Å². The van der Waals surface area contributed by atoms with Gasteiger partial charge in [0.2, 0.25) is 0 Å². The fraction of sp³-hybridized carbons (Fsp3) is 0.214. The summed E-state index contributed by atoms with van der Waals surface area (Å²) in [7, 11) is 3.27. The first-order valence-electron chi connectivity index (χ1n) is 12.1. The van der Waals surface area contributed by atoms with E-state index in [-0.39, 0.29) is 0 Å². The number of carbonyl (C=O) groups excluding carboxylic acids is 1. The van der Waals surface area contributed by atoms with Crippen LogP contribution < -0.4 is 9.80 Å². The standard InChI is InChI=1S/C28H25BrN6O2/c1-33(2)28(36)37-32-26-20-8-4-3-7-19(20)24-21-17-18(29)10-11-22(21)31-27(25(24)26)35-15-13-34(14-16-35)23-9-5-6-12-30-23/h3-12,17H,13-16H2,1-2H3/b32-26+. The number of pyridine rings is 2. The van der Waals surface area contributed by atoms with E-state index in [0.29, 0.717) is 5.71 Å². The highest BCUT2D eigenvalue weighted by atomic mass is 79.9. The Bertz CT molecular complexity index is 1530. The third-order valence-electron chi connectivity index (χ3n) is 6.75. The molecule has 0 radical (unpaired) electrons. The number of aromatic nitrogens is 2. The lowest BCUT2D eigenvalue weighted by Crippen LogP contribution is -2.47. The molecule has 0 unspecified atom stereocenters. The highest BCUT2D eigenvalue weighted by molar-refractivity contribution is 9.10. The van der Waals surface area contributed by atoms with Gasteiger partial charge in [-0.2, -0.15) is 0 Å². The molecule has 1 fully saturated rings. The molecule has 4 aromatic rings. The molecule has 1 amide bonds. The number of piperazine rings is 1. The minimum absolute atomic E-state index is 0.527. The number of rotatable bonds is 3. The second-order valence-corrected chi connectivity index (χ2v) is 10.2. The summed E-state index contributed by atoms with van der Waals surface area (Å²) in [5.74, 6) is 1.83. The van der Waals surface area contributed by atoms with Crippen LogP contribution >= 0.6 is 15.9 Å². The first-order chi connectivity index (χ1) is 18.0. The Morgan fingerprint density at radius 1 is 0.946 bits per heavy atom. The molecule has 0 spiro atoms. The van der Waals surface area contributed by atoms with Crippen LogP contribution in [0.25, 0.3) is 22.0 Å². The zero-order valence-electron chi connectivity index (χ0n) is 20.6. The minimum atomic E-state index is -0.527. The van der Waals surface area contributed by atoms with Gasteiger partial charge in [-0.1, -0.05) is 51.4 Å². The smallest absolute Gasteiger partial charge is 0.353 e. The van der Waals surface area contributed by atoms with E-state index in [0.717, 1.165) is 75.4 Å². The third kappa shape index (κ3) is 4.19. The van der Waals surface area contributed by atoms with Gasteiger partial charge in [0, 0.05) is 67.5 Å². The third-order valence-corrected chi connectivity index (χ3v) is 7.24. The molecule has 1 aliphatic carbocycles. The first kappa shape index (κ1) is 23.4. The Morgan fingerprint density at radius 3 is 2.41 bits per heavy atom. The molecule has 8 nitrogen and oxygen atoms in total. The van der Waals surface area contributed by atoms with Gasteiger partial charge in [-0.05, 0) is 35.9 Å². The van der Waals surface area contributed by atoms with E-state index in [9.17, 15) is 4.79 Å². The maximum Gasteiger partial charge on any atom is 0.435 e. The van der Waals surface area contributed by atoms with Crippen LogP contribution in [-0.4, -0.2) is 66.9 Å². The van der Waals surface area contributed by atoms with Crippen LogP contribution in [0.2, 0.25) is 0 Å². The van der Waals surface area contributed by atoms with Crippen LogP contribution in [0.4, 0.5) is 16.4 Å². The van der Waals surface area contributed by atoms with Crippen molar-refractivity contribution >= 4 is 50.3 Å². The number of nitrogens with zero attached hydrogens (tertiary/aromatic N) is 6. The molecule has 0 N–H and O–H groups in total. The number of fused-ring (bicyclic) bond motifs is 5. The normalized spacial score (nSPS) is 15.6. The van der Waals surface area contributed by atoms with Gasteiger partial charge in [0.05, 0.1) is 11.1 Å². The molecule has 6 rings (SSSR count). The Kier molecular flexibility index (Phi) is 6.00. The molecule has 186 valence electrons. The monoisotopic (exact) mass is 556 g/mol. The van der Waals surface area contributed by atoms with E-state index >= 15 is 0 Å². The average molecular weight is 557 g/mol. The fourth-order valence-corrected chi connectivity index (χ4v) is 5.31. The number of halogens is 1. The second kappa shape index (κ2) is 9.48. The van der Waals surface area contributed by atoms with Crippen LogP contribution in [0.1, 0.15) is 11.1 Å². The van der Waals surface area contributed by atoms with Gasteiger partial charge in [-0.25, -0.2) is 14.8 Å². The second-order valence-electron chi connectivity index (χ2n) is 9.25. The summed E-state index contributed by atoms with van der Waals surface area (Å²) in [5.41, 5.74) is 5.46. The van der Waals surface area contributed by atoms with Gasteiger partial charge in [0.25, 0.3) is 0 Å². The highest BCUT2D eigenvalue weighted by Crippen LogP contribution is 2.45. The van der Waals surface area contributed by atoms with Crippen molar-refractivity contribution in [2.24, 2.45) is 5.16 Å². The predicted octanol–water partition coefficient (Wildman–Crippen LogP) is 5.15. The van der Waals surface area contributed by atoms with Gasteiger partial charge in [-0.3, -0.25) is 4.84 Å². The maximum absolute atomic E-state index is 12.3. The maximum atomic E-state index is 12.3. The lowest BCUT2D eigenvalue weighted by atomic mass is 10.0. The van der Waals surface area contributed by atoms with Crippen molar-refractivity contribution in [3.05, 3.63) is 82.5 Å². The van der Waals surface area contributed by atoms with Crippen LogP contribution in [0.5, 0.6) is 0 Å². The van der Waals surface area contributed by atoms with E-state index in [2.05, 4.69) is 48.0 Å². The highest BCUT2D eigenvalue weighted by Gasteiger charge is 2.34. The van der Waals surface area contributed by atoms with Crippen LogP contribution in [0.3, 0.4) is 0 Å². The average Bonchev–Trinajstić information content (AvgIpc) is 3.26. The van der Waals surface area contributed by atoms with E-state index < -0.39 is 6.09 Å². The molecule has 9 heteroatoms. The summed E-state index contributed by atoms with van der Waals surface area (Å²) in [6.07, 6.45) is 1.30. The topological polar surface area (TPSA) is 74.2 Å². The molecule has 0 saturated carbocycles. The number of hydrogen-bond acceptors (Lipinski definition) is 7. The molecule has 0 bridgehead atoms. The number of amides is 1. The Morgan fingerprint density at radius 2 is 1.68 bits per heavy atom. The number of oxime groups is 1. The number of carbonyl (C=O) groups is 1. The molecule has 1 saturated heterocycles. The fourth-order valence-electron chi connectivity index (χ4n) is 4.95. The lowest BCUT2D eigenvalue weighted by molar-refractivity contribution is 0.122. The van der Waals surface area contributed by atoms with Gasteiger partial charge < -0.3 is 14.7 Å². The number of hydrogen-bond donors (Lipinski definition) is 0. The van der Waals surface area contributed by atoms with Crippen LogP contribution in [0.15, 0.2) is 76.5 Å². The summed E-state index contributed by atoms with van der Waals surface area (Å²) < 4.78 is 0.975. The minimum Gasteiger partial charge on any atom is -0.353 e. The van der Waals surface area contributed by atoms with Crippen molar-refractivity contribution in [2.45, 2.75) is 0 Å². The zero-order valence-corrected chi connectivity index (χ0v) is 22.1. The van der Waals surface area contributed by atoms with Crippen molar-refractivity contribution in [2.75, 3.05) is 50.1 Å². The van der Waals surface area contributed by atoms with Crippen molar-refractivity contribution in [1.82, 2.24) is 14.9 Å². The molecule has 3 heterocycles. The van der Waals surface area contributed by atoms with E-state index in [1.165, 1.54) is 4.90 Å². The van der Waals surface area contributed by atoms with Crippen molar-refractivity contribution < 1.29 is 9.63 Å². The van der Waals surface area contributed by atoms with Crippen LogP contribution in [0, 0.1) is 0 Å². The molecule has 1 aliphatic heterocycles. The molecule has 0 atom stereocenters. The summed E-state index contributed by atoms with van der Waals surface area (Å²) in [6.45, 7) is 3.19. The zero-order chi connectivity index (χ0) is 25.5. The SMILES string of the molecule is CN(C)C(=O)O/N=C1\c2ccccc2-c2c1c(N1CCN(c3ccccn3)CC1)nc1ccc(Br)cc21. The quantitative estimate of drug-likeness (QED) is 0.226. The van der Waals surface area contributed by atoms with Gasteiger partial charge in [-0.15, -0.1) is 0 Å². The van der Waals surface area contributed by atoms with Crippen molar-refractivity contribution in [1.29, 1.82) is 0 Å². The molecule has 37 heavy (non-hydrogen) atoms. The summed E-state index contributed by atoms with van der Waals surface area (Å²) >= 11 is 3.63. The summed E-state index contributed by atoms with van der Waals surface area (Å²) in [5, 5.41) is 5.43. The summed E-state index contributed by atoms with van der Waals surface area (Å²) in [4.78, 5) is 33.3. The molecular formula is C28H25BrN6O2. The van der Waals surface area contributed by atoms with Gasteiger partial charge in [0.15, 0.2) is 0 Å². The number of benzene rings is 2. The molecule has 2 aromatic heterocycles. The Labute approximate surface area is 223 Å². The first-order valence-corrected chi connectivity index (χ1v) is 12.9.